The van der Waals surface area contributed by atoms with Crippen molar-refractivity contribution >= 4 is 17.6 Å². The number of hydrogen-bond donors (Lipinski definition) is 1. The fourth-order valence-electron chi connectivity index (χ4n) is 1.57. The van der Waals surface area contributed by atoms with E-state index >= 15 is 0 Å². The molecule has 100 valence electrons. The number of carbonyl (C=O) groups is 1. The standard InChI is InChI=1S/C13H17ClFNO2/c1-3-7-16-12(13(17)18-4-2)10-6-5-9(15)8-11(10)14/h5-6,8,12,16H,3-4,7H2,1-2H3. The lowest BCUT2D eigenvalue weighted by Gasteiger charge is -2.18. The van der Waals surface area contributed by atoms with Crippen LogP contribution >= 0.6 is 11.6 Å². The van der Waals surface area contributed by atoms with Gasteiger partial charge in [-0.1, -0.05) is 24.6 Å². The predicted molar refractivity (Wildman–Crippen MR) is 69.1 cm³/mol. The summed E-state index contributed by atoms with van der Waals surface area (Å²) in [5.41, 5.74) is 0.532. The molecule has 1 rings (SSSR count). The van der Waals surface area contributed by atoms with E-state index in [0.717, 1.165) is 6.42 Å². The first-order chi connectivity index (χ1) is 8.60. The van der Waals surface area contributed by atoms with Crippen molar-refractivity contribution in [1.82, 2.24) is 5.32 Å². The zero-order valence-corrected chi connectivity index (χ0v) is 11.3. The smallest absolute Gasteiger partial charge is 0.327 e. The minimum Gasteiger partial charge on any atom is -0.465 e. The summed E-state index contributed by atoms with van der Waals surface area (Å²) in [6.07, 6.45) is 0.870. The van der Waals surface area contributed by atoms with Crippen LogP contribution in [0.5, 0.6) is 0 Å². The number of benzene rings is 1. The Morgan fingerprint density at radius 1 is 1.50 bits per heavy atom. The van der Waals surface area contributed by atoms with Gasteiger partial charge in [0.25, 0.3) is 0 Å². The molecule has 0 amide bonds. The fraction of sp³-hybridized carbons (Fsp3) is 0.462. The van der Waals surface area contributed by atoms with E-state index in [1.807, 2.05) is 6.92 Å². The SMILES string of the molecule is CCCNC(C(=O)OCC)c1ccc(F)cc1Cl. The minimum atomic E-state index is -0.655. The van der Waals surface area contributed by atoms with E-state index in [0.29, 0.717) is 18.7 Å². The second kappa shape index (κ2) is 7.34. The van der Waals surface area contributed by atoms with E-state index in [9.17, 15) is 9.18 Å². The van der Waals surface area contributed by atoms with Crippen molar-refractivity contribution in [3.05, 3.63) is 34.6 Å². The van der Waals surface area contributed by atoms with E-state index in [-0.39, 0.29) is 5.02 Å². The third-order valence-corrected chi connectivity index (χ3v) is 2.72. The summed E-state index contributed by atoms with van der Waals surface area (Å²) in [4.78, 5) is 11.8. The Morgan fingerprint density at radius 3 is 2.78 bits per heavy atom. The van der Waals surface area contributed by atoms with Gasteiger partial charge in [-0.25, -0.2) is 9.18 Å². The predicted octanol–water partition coefficient (Wildman–Crippen LogP) is 3.08. The van der Waals surface area contributed by atoms with Crippen molar-refractivity contribution in [1.29, 1.82) is 0 Å². The molecule has 1 atom stereocenters. The highest BCUT2D eigenvalue weighted by Gasteiger charge is 2.23. The van der Waals surface area contributed by atoms with E-state index in [4.69, 9.17) is 16.3 Å². The quantitative estimate of drug-likeness (QED) is 0.810. The number of halogens is 2. The summed E-state index contributed by atoms with van der Waals surface area (Å²) in [6, 6.07) is 3.32. The van der Waals surface area contributed by atoms with Crippen LogP contribution in [-0.2, 0) is 9.53 Å². The number of rotatable bonds is 6. The van der Waals surface area contributed by atoms with Crippen LogP contribution in [0.3, 0.4) is 0 Å². The van der Waals surface area contributed by atoms with Crippen molar-refractivity contribution < 1.29 is 13.9 Å². The maximum atomic E-state index is 13.0. The first kappa shape index (κ1) is 14.9. The molecule has 3 nitrogen and oxygen atoms in total. The third kappa shape index (κ3) is 3.96. The molecule has 0 aliphatic carbocycles. The Balaban J connectivity index is 2.97. The molecule has 0 bridgehead atoms. The highest BCUT2D eigenvalue weighted by molar-refractivity contribution is 6.31. The summed E-state index contributed by atoms with van der Waals surface area (Å²) in [7, 11) is 0. The monoisotopic (exact) mass is 273 g/mol. The van der Waals surface area contributed by atoms with Gasteiger partial charge in [-0.05, 0) is 37.6 Å². The van der Waals surface area contributed by atoms with Gasteiger partial charge in [0, 0.05) is 5.02 Å². The van der Waals surface area contributed by atoms with Gasteiger partial charge in [-0.2, -0.15) is 0 Å². The number of hydrogen-bond acceptors (Lipinski definition) is 3. The van der Waals surface area contributed by atoms with E-state index < -0.39 is 17.8 Å². The second-order valence-electron chi connectivity index (χ2n) is 3.81. The number of esters is 1. The van der Waals surface area contributed by atoms with Gasteiger partial charge in [-0.15, -0.1) is 0 Å². The molecule has 1 aromatic rings. The average Bonchev–Trinajstić information content (AvgIpc) is 2.32. The van der Waals surface area contributed by atoms with Crippen LogP contribution in [0.4, 0.5) is 4.39 Å². The van der Waals surface area contributed by atoms with Crippen molar-refractivity contribution in [2.24, 2.45) is 0 Å². The van der Waals surface area contributed by atoms with Gasteiger partial charge >= 0.3 is 5.97 Å². The Kier molecular flexibility index (Phi) is 6.09. The van der Waals surface area contributed by atoms with Crippen LogP contribution in [0.25, 0.3) is 0 Å². The first-order valence-corrected chi connectivity index (χ1v) is 6.32. The molecule has 0 aromatic heterocycles. The molecule has 1 N–H and O–H groups in total. The van der Waals surface area contributed by atoms with Crippen molar-refractivity contribution in [3.63, 3.8) is 0 Å². The van der Waals surface area contributed by atoms with E-state index in [2.05, 4.69) is 5.32 Å². The van der Waals surface area contributed by atoms with Gasteiger partial charge in [0.05, 0.1) is 6.61 Å². The molecule has 1 unspecified atom stereocenters. The zero-order chi connectivity index (χ0) is 13.5. The minimum absolute atomic E-state index is 0.219. The lowest BCUT2D eigenvalue weighted by Crippen LogP contribution is -2.31. The molecular formula is C13H17ClFNO2. The van der Waals surface area contributed by atoms with Crippen LogP contribution in [-0.4, -0.2) is 19.1 Å². The Morgan fingerprint density at radius 2 is 2.22 bits per heavy atom. The molecule has 0 spiro atoms. The summed E-state index contributed by atoms with van der Waals surface area (Å²) >= 11 is 5.96. The number of carbonyl (C=O) groups excluding carboxylic acids is 1. The molecule has 0 saturated carbocycles. The summed E-state index contributed by atoms with van der Waals surface area (Å²) in [6.45, 7) is 4.67. The number of nitrogens with one attached hydrogen (secondary N) is 1. The van der Waals surface area contributed by atoms with Gasteiger partial charge in [0.1, 0.15) is 11.9 Å². The van der Waals surface area contributed by atoms with Gasteiger partial charge in [0.2, 0.25) is 0 Å². The Bertz CT molecular complexity index is 412. The molecule has 0 heterocycles. The average molecular weight is 274 g/mol. The van der Waals surface area contributed by atoms with E-state index in [1.165, 1.54) is 18.2 Å². The molecular weight excluding hydrogens is 257 g/mol. The summed E-state index contributed by atoms with van der Waals surface area (Å²) in [5.74, 6) is -0.832. The Hall–Kier alpha value is -1.13. The molecule has 0 aliphatic heterocycles. The molecule has 0 radical (unpaired) electrons. The topological polar surface area (TPSA) is 38.3 Å². The maximum Gasteiger partial charge on any atom is 0.327 e. The molecule has 0 fully saturated rings. The van der Waals surface area contributed by atoms with Crippen molar-refractivity contribution in [2.75, 3.05) is 13.2 Å². The molecule has 5 heteroatoms. The van der Waals surface area contributed by atoms with E-state index in [1.54, 1.807) is 6.92 Å². The Labute approximate surface area is 111 Å². The largest absolute Gasteiger partial charge is 0.465 e. The van der Waals surface area contributed by atoms with Crippen molar-refractivity contribution in [3.8, 4) is 0 Å². The van der Waals surface area contributed by atoms with Crippen LogP contribution in [0.1, 0.15) is 31.9 Å². The lowest BCUT2D eigenvalue weighted by molar-refractivity contribution is -0.145. The fourth-order valence-corrected chi connectivity index (χ4v) is 1.85. The summed E-state index contributed by atoms with van der Waals surface area (Å²) < 4.78 is 18.0. The molecule has 0 saturated heterocycles. The normalized spacial score (nSPS) is 12.2. The summed E-state index contributed by atoms with van der Waals surface area (Å²) in [5, 5.41) is 3.27. The highest BCUT2D eigenvalue weighted by Crippen LogP contribution is 2.25. The highest BCUT2D eigenvalue weighted by atomic mass is 35.5. The first-order valence-electron chi connectivity index (χ1n) is 5.95. The third-order valence-electron chi connectivity index (χ3n) is 2.39. The van der Waals surface area contributed by atoms with Crippen LogP contribution in [0.2, 0.25) is 5.02 Å². The van der Waals surface area contributed by atoms with Gasteiger partial charge < -0.3 is 10.1 Å². The zero-order valence-electron chi connectivity index (χ0n) is 10.5. The van der Waals surface area contributed by atoms with Crippen molar-refractivity contribution in [2.45, 2.75) is 26.3 Å². The van der Waals surface area contributed by atoms with Gasteiger partial charge in [0.15, 0.2) is 0 Å². The lowest BCUT2D eigenvalue weighted by atomic mass is 10.1. The molecule has 1 aromatic carbocycles. The second-order valence-corrected chi connectivity index (χ2v) is 4.21. The molecule has 18 heavy (non-hydrogen) atoms. The van der Waals surface area contributed by atoms with Crippen LogP contribution in [0.15, 0.2) is 18.2 Å². The van der Waals surface area contributed by atoms with Crippen LogP contribution in [0, 0.1) is 5.82 Å². The van der Waals surface area contributed by atoms with Crippen LogP contribution < -0.4 is 5.32 Å². The van der Waals surface area contributed by atoms with Gasteiger partial charge in [-0.3, -0.25) is 0 Å². The maximum absolute atomic E-state index is 13.0. The molecule has 0 aliphatic rings. The number of ether oxygens (including phenoxy) is 1.